The standard InChI is InChI=1S/C20H28N4O3/c1-5-26-18-17(22-15-10-6-7-11-16(15)23-18)21-13-14-9-8-12-24(14)19(25)27-20(2,3)4/h6-7,10-11,14H,5,8-9,12-13H2,1-4H3,(H,21,22)/t14-/m1/s1. The summed E-state index contributed by atoms with van der Waals surface area (Å²) in [4.78, 5) is 23.5. The van der Waals surface area contributed by atoms with E-state index in [2.05, 4.69) is 15.3 Å². The second-order valence-corrected chi connectivity index (χ2v) is 7.65. The topological polar surface area (TPSA) is 76.6 Å². The molecule has 7 heteroatoms. The van der Waals surface area contributed by atoms with E-state index in [4.69, 9.17) is 9.47 Å². The first-order valence-electron chi connectivity index (χ1n) is 9.50. The van der Waals surface area contributed by atoms with Crippen molar-refractivity contribution in [2.45, 2.75) is 52.2 Å². The van der Waals surface area contributed by atoms with Gasteiger partial charge in [0.1, 0.15) is 5.60 Å². The van der Waals surface area contributed by atoms with Crippen LogP contribution in [-0.4, -0.2) is 52.3 Å². The van der Waals surface area contributed by atoms with E-state index in [0.29, 0.717) is 31.4 Å². The third kappa shape index (κ3) is 4.78. The Kier molecular flexibility index (Phi) is 5.68. The molecule has 1 aromatic heterocycles. The molecule has 1 saturated heterocycles. The molecule has 0 spiro atoms. The van der Waals surface area contributed by atoms with Crippen molar-refractivity contribution in [3.8, 4) is 5.88 Å². The number of para-hydroxylation sites is 2. The normalized spacial score (nSPS) is 17.2. The summed E-state index contributed by atoms with van der Waals surface area (Å²) >= 11 is 0. The van der Waals surface area contributed by atoms with Gasteiger partial charge in [-0.05, 0) is 52.7 Å². The zero-order chi connectivity index (χ0) is 19.4. The average molecular weight is 372 g/mol. The first-order valence-corrected chi connectivity index (χ1v) is 9.50. The molecule has 1 aliphatic rings. The minimum absolute atomic E-state index is 0.0580. The molecular weight excluding hydrogens is 344 g/mol. The molecule has 0 unspecified atom stereocenters. The molecule has 2 aromatic rings. The number of carbonyl (C=O) groups is 1. The van der Waals surface area contributed by atoms with Crippen molar-refractivity contribution in [1.29, 1.82) is 0 Å². The fourth-order valence-corrected chi connectivity index (χ4v) is 3.16. The highest BCUT2D eigenvalue weighted by atomic mass is 16.6. The second kappa shape index (κ2) is 7.98. The summed E-state index contributed by atoms with van der Waals surface area (Å²) in [7, 11) is 0. The Morgan fingerprint density at radius 1 is 1.26 bits per heavy atom. The largest absolute Gasteiger partial charge is 0.475 e. The monoisotopic (exact) mass is 372 g/mol. The number of fused-ring (bicyclic) bond motifs is 1. The lowest BCUT2D eigenvalue weighted by Gasteiger charge is -2.28. The summed E-state index contributed by atoms with van der Waals surface area (Å²) in [5.41, 5.74) is 1.10. The van der Waals surface area contributed by atoms with Crippen molar-refractivity contribution in [3.05, 3.63) is 24.3 Å². The van der Waals surface area contributed by atoms with E-state index in [1.54, 1.807) is 4.90 Å². The summed E-state index contributed by atoms with van der Waals surface area (Å²) in [6.45, 7) is 9.36. The number of amides is 1. The first-order chi connectivity index (χ1) is 12.9. The summed E-state index contributed by atoms with van der Waals surface area (Å²) < 4.78 is 11.2. The van der Waals surface area contributed by atoms with Crippen LogP contribution in [0.1, 0.15) is 40.5 Å². The number of rotatable bonds is 5. The molecule has 1 aromatic carbocycles. The van der Waals surface area contributed by atoms with Crippen LogP contribution in [0.5, 0.6) is 5.88 Å². The fourth-order valence-electron chi connectivity index (χ4n) is 3.16. The number of anilines is 1. The van der Waals surface area contributed by atoms with Crippen LogP contribution in [-0.2, 0) is 4.74 Å². The van der Waals surface area contributed by atoms with Gasteiger partial charge in [0.05, 0.1) is 23.7 Å². The van der Waals surface area contributed by atoms with E-state index >= 15 is 0 Å². The molecule has 7 nitrogen and oxygen atoms in total. The summed E-state index contributed by atoms with van der Waals surface area (Å²) in [5, 5.41) is 3.33. The molecule has 0 bridgehead atoms. The Balaban J connectivity index is 1.73. The van der Waals surface area contributed by atoms with Crippen LogP contribution >= 0.6 is 0 Å². The average Bonchev–Trinajstić information content (AvgIpc) is 3.07. The van der Waals surface area contributed by atoms with Crippen LogP contribution < -0.4 is 10.1 Å². The van der Waals surface area contributed by atoms with Crippen molar-refractivity contribution < 1.29 is 14.3 Å². The zero-order valence-corrected chi connectivity index (χ0v) is 16.5. The van der Waals surface area contributed by atoms with Crippen molar-refractivity contribution in [1.82, 2.24) is 14.9 Å². The van der Waals surface area contributed by atoms with Crippen molar-refractivity contribution in [2.24, 2.45) is 0 Å². The lowest BCUT2D eigenvalue weighted by Crippen LogP contribution is -2.42. The van der Waals surface area contributed by atoms with Gasteiger partial charge in [-0.1, -0.05) is 12.1 Å². The number of carbonyl (C=O) groups excluding carboxylic acids is 1. The van der Waals surface area contributed by atoms with E-state index in [1.165, 1.54) is 0 Å². The van der Waals surface area contributed by atoms with Crippen LogP contribution in [0.15, 0.2) is 24.3 Å². The maximum atomic E-state index is 12.5. The number of hydrogen-bond acceptors (Lipinski definition) is 6. The van der Waals surface area contributed by atoms with E-state index in [-0.39, 0.29) is 12.1 Å². The van der Waals surface area contributed by atoms with Crippen molar-refractivity contribution in [2.75, 3.05) is 25.0 Å². The van der Waals surface area contributed by atoms with Crippen LogP contribution in [0.25, 0.3) is 11.0 Å². The predicted molar refractivity (Wildman–Crippen MR) is 105 cm³/mol. The quantitative estimate of drug-likeness (QED) is 0.859. The van der Waals surface area contributed by atoms with Gasteiger partial charge in [-0.2, -0.15) is 0 Å². The maximum absolute atomic E-state index is 12.5. The highest BCUT2D eigenvalue weighted by molar-refractivity contribution is 5.77. The van der Waals surface area contributed by atoms with Gasteiger partial charge in [0, 0.05) is 13.1 Å². The number of nitrogens with one attached hydrogen (secondary N) is 1. The minimum Gasteiger partial charge on any atom is -0.475 e. The molecule has 1 amide bonds. The van der Waals surface area contributed by atoms with Gasteiger partial charge in [0.15, 0.2) is 5.82 Å². The molecule has 1 fully saturated rings. The van der Waals surface area contributed by atoms with Gasteiger partial charge in [0.2, 0.25) is 0 Å². The summed E-state index contributed by atoms with van der Waals surface area (Å²) in [6, 6.07) is 7.75. The second-order valence-electron chi connectivity index (χ2n) is 7.65. The van der Waals surface area contributed by atoms with Gasteiger partial charge < -0.3 is 19.7 Å². The molecule has 0 saturated carbocycles. The number of aromatic nitrogens is 2. The van der Waals surface area contributed by atoms with Crippen LogP contribution in [0, 0.1) is 0 Å². The molecule has 3 rings (SSSR count). The molecule has 27 heavy (non-hydrogen) atoms. The highest BCUT2D eigenvalue weighted by Gasteiger charge is 2.32. The van der Waals surface area contributed by atoms with Gasteiger partial charge >= 0.3 is 6.09 Å². The van der Waals surface area contributed by atoms with Gasteiger partial charge in [-0.25, -0.2) is 14.8 Å². The molecule has 1 aliphatic heterocycles. The van der Waals surface area contributed by atoms with Gasteiger partial charge in [-0.15, -0.1) is 0 Å². The number of likely N-dealkylation sites (tertiary alicyclic amines) is 1. The molecule has 1 atom stereocenters. The van der Waals surface area contributed by atoms with Crippen molar-refractivity contribution in [3.63, 3.8) is 0 Å². The zero-order valence-electron chi connectivity index (χ0n) is 16.5. The molecule has 146 valence electrons. The molecule has 0 aliphatic carbocycles. The van der Waals surface area contributed by atoms with Gasteiger partial charge in [0.25, 0.3) is 5.88 Å². The Morgan fingerprint density at radius 2 is 1.96 bits per heavy atom. The highest BCUT2D eigenvalue weighted by Crippen LogP contribution is 2.25. The number of hydrogen-bond donors (Lipinski definition) is 1. The minimum atomic E-state index is -0.496. The predicted octanol–water partition coefficient (Wildman–Crippen LogP) is 3.84. The third-order valence-corrected chi connectivity index (χ3v) is 4.33. The van der Waals surface area contributed by atoms with E-state index in [9.17, 15) is 4.79 Å². The van der Waals surface area contributed by atoms with E-state index in [0.717, 1.165) is 23.9 Å². The lowest BCUT2D eigenvalue weighted by atomic mass is 10.2. The van der Waals surface area contributed by atoms with Crippen LogP contribution in [0.4, 0.5) is 10.6 Å². The maximum Gasteiger partial charge on any atom is 0.410 e. The van der Waals surface area contributed by atoms with Gasteiger partial charge in [-0.3, -0.25) is 0 Å². The molecule has 1 N–H and O–H groups in total. The van der Waals surface area contributed by atoms with E-state index in [1.807, 2.05) is 52.0 Å². The number of nitrogens with zero attached hydrogens (tertiary/aromatic N) is 3. The Labute approximate surface area is 160 Å². The summed E-state index contributed by atoms with van der Waals surface area (Å²) in [6.07, 6.45) is 1.63. The molecular formula is C20H28N4O3. The Bertz CT molecular complexity index is 803. The van der Waals surface area contributed by atoms with E-state index < -0.39 is 5.60 Å². The number of benzene rings is 1. The summed E-state index contributed by atoms with van der Waals surface area (Å²) in [5.74, 6) is 1.09. The van der Waals surface area contributed by atoms with Crippen molar-refractivity contribution >= 4 is 22.9 Å². The molecule has 0 radical (unpaired) electrons. The Hall–Kier alpha value is -2.57. The first kappa shape index (κ1) is 19.2. The lowest BCUT2D eigenvalue weighted by molar-refractivity contribution is 0.0235. The Morgan fingerprint density at radius 3 is 2.63 bits per heavy atom. The van der Waals surface area contributed by atoms with Crippen LogP contribution in [0.2, 0.25) is 0 Å². The van der Waals surface area contributed by atoms with Crippen LogP contribution in [0.3, 0.4) is 0 Å². The SMILES string of the molecule is CCOc1nc2ccccc2nc1NC[C@H]1CCCN1C(=O)OC(C)(C)C. The fraction of sp³-hybridized carbons (Fsp3) is 0.550. The molecule has 2 heterocycles. The third-order valence-electron chi connectivity index (χ3n) is 4.33. The number of ether oxygens (including phenoxy) is 2. The smallest absolute Gasteiger partial charge is 0.410 e.